The Hall–Kier alpha value is -2.41. The van der Waals surface area contributed by atoms with E-state index in [-0.39, 0.29) is 22.5 Å². The van der Waals surface area contributed by atoms with Gasteiger partial charge in [-0.15, -0.1) is 11.8 Å². The van der Waals surface area contributed by atoms with Crippen molar-refractivity contribution in [2.24, 2.45) is 0 Å². The van der Waals surface area contributed by atoms with Crippen molar-refractivity contribution in [2.75, 3.05) is 12.0 Å². The Balaban J connectivity index is 3.05. The SMILES string of the molecule is CSc1cccc(Cl)c1-c1c(C#N)c(N)[nH]c(=O)c1C#N. The van der Waals surface area contributed by atoms with Crippen molar-refractivity contribution in [1.29, 1.82) is 10.5 Å². The summed E-state index contributed by atoms with van der Waals surface area (Å²) in [6.07, 6.45) is 1.84. The van der Waals surface area contributed by atoms with E-state index in [4.69, 9.17) is 17.3 Å². The molecule has 0 spiro atoms. The van der Waals surface area contributed by atoms with Gasteiger partial charge in [-0.3, -0.25) is 4.79 Å². The lowest BCUT2D eigenvalue weighted by molar-refractivity contribution is 1.21. The molecular weight excluding hydrogens is 308 g/mol. The molecule has 0 radical (unpaired) electrons. The van der Waals surface area contributed by atoms with Gasteiger partial charge in [0.1, 0.15) is 29.1 Å². The number of halogens is 1. The monoisotopic (exact) mass is 316 g/mol. The molecule has 1 aromatic carbocycles. The number of H-pyrrole nitrogens is 1. The molecule has 2 rings (SSSR count). The Kier molecular flexibility index (Phi) is 4.23. The van der Waals surface area contributed by atoms with E-state index in [0.717, 1.165) is 4.90 Å². The summed E-state index contributed by atoms with van der Waals surface area (Å²) in [5.41, 5.74) is 5.56. The summed E-state index contributed by atoms with van der Waals surface area (Å²) in [5, 5.41) is 18.9. The highest BCUT2D eigenvalue weighted by molar-refractivity contribution is 7.98. The third-order valence-corrected chi connectivity index (χ3v) is 4.01. The molecule has 3 N–H and O–H groups in total. The lowest BCUT2D eigenvalue weighted by Crippen LogP contribution is -2.16. The minimum atomic E-state index is -0.643. The maximum Gasteiger partial charge on any atom is 0.268 e. The lowest BCUT2D eigenvalue weighted by Gasteiger charge is -2.13. The zero-order valence-corrected chi connectivity index (χ0v) is 12.5. The Morgan fingerprint density at radius 2 is 1.90 bits per heavy atom. The molecule has 0 atom stereocenters. The third kappa shape index (κ3) is 2.47. The molecule has 1 aromatic heterocycles. The van der Waals surface area contributed by atoms with Crippen molar-refractivity contribution >= 4 is 29.2 Å². The van der Waals surface area contributed by atoms with Gasteiger partial charge in [-0.1, -0.05) is 17.7 Å². The number of nitrogens with one attached hydrogen (secondary N) is 1. The first kappa shape index (κ1) is 15.0. The quantitative estimate of drug-likeness (QED) is 0.828. The minimum Gasteiger partial charge on any atom is -0.384 e. The molecule has 0 aliphatic carbocycles. The molecule has 104 valence electrons. The maximum absolute atomic E-state index is 11.9. The first-order chi connectivity index (χ1) is 10.0. The lowest BCUT2D eigenvalue weighted by atomic mass is 9.96. The van der Waals surface area contributed by atoms with Gasteiger partial charge in [-0.25, -0.2) is 0 Å². The van der Waals surface area contributed by atoms with Crippen LogP contribution < -0.4 is 11.3 Å². The van der Waals surface area contributed by atoms with Gasteiger partial charge < -0.3 is 10.7 Å². The number of nitrogens with two attached hydrogens (primary N) is 1. The van der Waals surface area contributed by atoms with Crippen molar-refractivity contribution in [1.82, 2.24) is 4.98 Å². The fourth-order valence-electron chi connectivity index (χ4n) is 2.01. The molecule has 0 aliphatic heterocycles. The summed E-state index contributed by atoms with van der Waals surface area (Å²) in [7, 11) is 0. The topological polar surface area (TPSA) is 106 Å². The van der Waals surface area contributed by atoms with Crippen LogP contribution in [-0.4, -0.2) is 11.2 Å². The van der Waals surface area contributed by atoms with Crippen LogP contribution in [0.5, 0.6) is 0 Å². The largest absolute Gasteiger partial charge is 0.384 e. The predicted molar refractivity (Wildman–Crippen MR) is 83.1 cm³/mol. The van der Waals surface area contributed by atoms with E-state index >= 15 is 0 Å². The van der Waals surface area contributed by atoms with Crippen LogP contribution in [0.15, 0.2) is 27.9 Å². The second kappa shape index (κ2) is 5.92. The number of rotatable bonds is 2. The van der Waals surface area contributed by atoms with Crippen molar-refractivity contribution in [3.63, 3.8) is 0 Å². The molecule has 5 nitrogen and oxygen atoms in total. The summed E-state index contributed by atoms with van der Waals surface area (Å²) in [4.78, 5) is 15.0. The fourth-order valence-corrected chi connectivity index (χ4v) is 2.97. The number of hydrogen-bond acceptors (Lipinski definition) is 5. The Bertz CT molecular complexity index is 861. The van der Waals surface area contributed by atoms with Crippen LogP contribution >= 0.6 is 23.4 Å². The van der Waals surface area contributed by atoms with Gasteiger partial charge in [0.25, 0.3) is 5.56 Å². The summed E-state index contributed by atoms with van der Waals surface area (Å²) >= 11 is 7.62. The van der Waals surface area contributed by atoms with E-state index in [1.54, 1.807) is 18.2 Å². The van der Waals surface area contributed by atoms with Crippen molar-refractivity contribution in [3.8, 4) is 23.3 Å². The van der Waals surface area contributed by atoms with Gasteiger partial charge in [0.05, 0.1) is 0 Å². The van der Waals surface area contributed by atoms with Gasteiger partial charge >= 0.3 is 0 Å². The highest BCUT2D eigenvalue weighted by Gasteiger charge is 2.22. The van der Waals surface area contributed by atoms with Crippen LogP contribution in [0.1, 0.15) is 11.1 Å². The number of nitriles is 2. The molecule has 0 fully saturated rings. The highest BCUT2D eigenvalue weighted by Crippen LogP contribution is 2.39. The van der Waals surface area contributed by atoms with E-state index in [9.17, 15) is 15.3 Å². The molecule has 0 unspecified atom stereocenters. The second-order valence-electron chi connectivity index (χ2n) is 4.03. The molecule has 0 saturated heterocycles. The van der Waals surface area contributed by atoms with Crippen LogP contribution in [0.4, 0.5) is 5.82 Å². The van der Waals surface area contributed by atoms with Crippen LogP contribution in [0.2, 0.25) is 5.02 Å². The van der Waals surface area contributed by atoms with Crippen LogP contribution in [-0.2, 0) is 0 Å². The molecule has 0 amide bonds. The Morgan fingerprint density at radius 1 is 1.24 bits per heavy atom. The Morgan fingerprint density at radius 3 is 2.48 bits per heavy atom. The number of pyridine rings is 1. The average molecular weight is 317 g/mol. The van der Waals surface area contributed by atoms with Crippen LogP contribution in [0.25, 0.3) is 11.1 Å². The summed E-state index contributed by atoms with van der Waals surface area (Å²) < 4.78 is 0. The number of hydrogen-bond donors (Lipinski definition) is 2. The normalized spacial score (nSPS) is 9.90. The van der Waals surface area contributed by atoms with Gasteiger partial charge in [0.15, 0.2) is 0 Å². The smallest absolute Gasteiger partial charge is 0.268 e. The number of aromatic amines is 1. The van der Waals surface area contributed by atoms with Crippen LogP contribution in [0.3, 0.4) is 0 Å². The number of nitrogen functional groups attached to an aromatic ring is 1. The van der Waals surface area contributed by atoms with Gasteiger partial charge in [-0.2, -0.15) is 10.5 Å². The first-order valence-electron chi connectivity index (χ1n) is 5.74. The summed E-state index contributed by atoms with van der Waals surface area (Å²) in [5.74, 6) is -0.0801. The van der Waals surface area contributed by atoms with E-state index in [2.05, 4.69) is 4.98 Å². The van der Waals surface area contributed by atoms with Crippen molar-refractivity contribution in [2.45, 2.75) is 4.90 Å². The average Bonchev–Trinajstić information content (AvgIpc) is 2.46. The zero-order valence-electron chi connectivity index (χ0n) is 10.9. The Labute approximate surface area is 130 Å². The number of anilines is 1. The van der Waals surface area contributed by atoms with Crippen molar-refractivity contribution < 1.29 is 0 Å². The standard InChI is InChI=1S/C14H9ClN4OS/c1-21-10-4-2-3-9(15)12(10)11-7(5-16)13(18)19-14(20)8(11)6-17/h2-4H,1H3,(H3,18,19,20). The van der Waals surface area contributed by atoms with Crippen LogP contribution in [0, 0.1) is 22.7 Å². The van der Waals surface area contributed by atoms with Gasteiger partial charge in [0, 0.05) is 21.0 Å². The number of benzene rings is 1. The third-order valence-electron chi connectivity index (χ3n) is 2.91. The van der Waals surface area contributed by atoms with Crippen molar-refractivity contribution in [3.05, 3.63) is 44.7 Å². The summed E-state index contributed by atoms with van der Waals surface area (Å²) in [6, 6.07) is 8.94. The zero-order chi connectivity index (χ0) is 15.6. The molecular formula is C14H9ClN4OS. The molecule has 21 heavy (non-hydrogen) atoms. The van der Waals surface area contributed by atoms with E-state index in [1.807, 2.05) is 18.4 Å². The minimum absolute atomic E-state index is 0.0366. The summed E-state index contributed by atoms with van der Waals surface area (Å²) in [6.45, 7) is 0. The highest BCUT2D eigenvalue weighted by atomic mass is 35.5. The molecule has 7 heteroatoms. The first-order valence-corrected chi connectivity index (χ1v) is 7.34. The maximum atomic E-state index is 11.9. The van der Waals surface area contributed by atoms with E-state index in [1.165, 1.54) is 11.8 Å². The van der Waals surface area contributed by atoms with Gasteiger partial charge in [-0.05, 0) is 18.4 Å². The van der Waals surface area contributed by atoms with E-state index in [0.29, 0.717) is 10.6 Å². The molecule has 2 aromatic rings. The van der Waals surface area contributed by atoms with Gasteiger partial charge in [0.2, 0.25) is 0 Å². The molecule has 0 saturated carbocycles. The molecule has 0 bridgehead atoms. The number of thioether (sulfide) groups is 1. The number of aromatic nitrogens is 1. The molecule has 1 heterocycles. The molecule has 0 aliphatic rings. The second-order valence-corrected chi connectivity index (χ2v) is 5.29. The fraction of sp³-hybridized carbons (Fsp3) is 0.0714. The van der Waals surface area contributed by atoms with E-state index < -0.39 is 5.56 Å². The number of nitrogens with zero attached hydrogens (tertiary/aromatic N) is 2. The predicted octanol–water partition coefficient (Wildman–Crippen LogP) is 2.74.